The Morgan fingerprint density at radius 3 is 1.88 bits per heavy atom. The summed E-state index contributed by atoms with van der Waals surface area (Å²) in [4.78, 5) is 0. The minimum absolute atomic E-state index is 0.491. The van der Waals surface area contributed by atoms with Crippen molar-refractivity contribution in [2.45, 2.75) is 38.0 Å². The first kappa shape index (κ1) is 20.1. The Morgan fingerprint density at radius 2 is 1.50 bits per heavy atom. The maximum atomic E-state index is 13.8. The van der Waals surface area contributed by atoms with Gasteiger partial charge in [0.2, 0.25) is 5.41 Å². The van der Waals surface area contributed by atoms with E-state index in [0.717, 1.165) is 24.3 Å². The van der Waals surface area contributed by atoms with Crippen LogP contribution in [0.4, 0.5) is 26.3 Å². The standard InChI is InChI=1S/C18H18F6/c1-4-6-8-14(7-5-2)16(17(19,20)21,18(22,23)24)15-11-9-13(3)10-12-15/h4-7,9-12H,2,8H2,1,3H3/b6-4-,14-7+. The van der Waals surface area contributed by atoms with Crippen LogP contribution in [0.25, 0.3) is 0 Å². The highest BCUT2D eigenvalue weighted by Gasteiger charge is 2.72. The number of alkyl halides is 6. The normalized spacial score (nSPS) is 14.2. The molecule has 0 bridgehead atoms. The van der Waals surface area contributed by atoms with Crippen LogP contribution < -0.4 is 0 Å². The number of allylic oxidation sites excluding steroid dienone is 5. The highest BCUT2D eigenvalue weighted by molar-refractivity contribution is 5.44. The first-order chi connectivity index (χ1) is 11.0. The van der Waals surface area contributed by atoms with Gasteiger partial charge in [0.25, 0.3) is 0 Å². The summed E-state index contributed by atoms with van der Waals surface area (Å²) in [7, 11) is 0. The van der Waals surface area contributed by atoms with Gasteiger partial charge >= 0.3 is 12.4 Å². The Labute approximate surface area is 137 Å². The van der Waals surface area contributed by atoms with Gasteiger partial charge in [-0.1, -0.05) is 60.7 Å². The second-order valence-corrected chi connectivity index (χ2v) is 5.31. The van der Waals surface area contributed by atoms with Crippen LogP contribution in [-0.4, -0.2) is 12.4 Å². The van der Waals surface area contributed by atoms with E-state index in [4.69, 9.17) is 0 Å². The van der Waals surface area contributed by atoms with E-state index in [1.165, 1.54) is 31.2 Å². The molecule has 6 heteroatoms. The Bertz CT molecular complexity index is 600. The zero-order valence-corrected chi connectivity index (χ0v) is 13.3. The third kappa shape index (κ3) is 3.57. The van der Waals surface area contributed by atoms with Crippen molar-refractivity contribution in [1.29, 1.82) is 0 Å². The van der Waals surface area contributed by atoms with Gasteiger partial charge in [0.15, 0.2) is 0 Å². The van der Waals surface area contributed by atoms with Crippen LogP contribution in [-0.2, 0) is 5.41 Å². The van der Waals surface area contributed by atoms with E-state index in [1.807, 2.05) is 0 Å². The lowest BCUT2D eigenvalue weighted by Crippen LogP contribution is -2.55. The van der Waals surface area contributed by atoms with Gasteiger partial charge in [0, 0.05) is 0 Å². The predicted molar refractivity (Wildman–Crippen MR) is 82.7 cm³/mol. The molecule has 0 aromatic heterocycles. The lowest BCUT2D eigenvalue weighted by atomic mass is 9.71. The van der Waals surface area contributed by atoms with Gasteiger partial charge in [0.05, 0.1) is 0 Å². The van der Waals surface area contributed by atoms with Crippen LogP contribution in [0.3, 0.4) is 0 Å². The zero-order valence-electron chi connectivity index (χ0n) is 13.3. The minimum Gasteiger partial charge on any atom is -0.169 e. The number of aryl methyl sites for hydroxylation is 1. The summed E-state index contributed by atoms with van der Waals surface area (Å²) in [6, 6.07) is 4.23. The number of rotatable bonds is 5. The van der Waals surface area contributed by atoms with E-state index in [-0.39, 0.29) is 0 Å². The second-order valence-electron chi connectivity index (χ2n) is 5.31. The molecular weight excluding hydrogens is 330 g/mol. The van der Waals surface area contributed by atoms with Crippen molar-refractivity contribution in [3.8, 4) is 0 Å². The van der Waals surface area contributed by atoms with Gasteiger partial charge in [-0.25, -0.2) is 0 Å². The summed E-state index contributed by atoms with van der Waals surface area (Å²) in [5, 5.41) is 0. The molecule has 0 N–H and O–H groups in total. The molecule has 0 fully saturated rings. The Hall–Kier alpha value is -1.98. The summed E-state index contributed by atoms with van der Waals surface area (Å²) in [5.74, 6) is 0. The average Bonchev–Trinajstić information content (AvgIpc) is 2.44. The number of halogens is 6. The van der Waals surface area contributed by atoms with Crippen molar-refractivity contribution in [3.63, 3.8) is 0 Å². The van der Waals surface area contributed by atoms with E-state index in [2.05, 4.69) is 6.58 Å². The fourth-order valence-electron chi connectivity index (χ4n) is 2.57. The third-order valence-electron chi connectivity index (χ3n) is 3.71. The lowest BCUT2D eigenvalue weighted by molar-refractivity contribution is -0.290. The van der Waals surface area contributed by atoms with E-state index in [0.29, 0.717) is 5.56 Å². The molecule has 1 aromatic carbocycles. The van der Waals surface area contributed by atoms with Gasteiger partial charge < -0.3 is 0 Å². The van der Waals surface area contributed by atoms with Gasteiger partial charge in [-0.05, 0) is 31.4 Å². The molecule has 0 aliphatic carbocycles. The molecule has 0 saturated carbocycles. The van der Waals surface area contributed by atoms with E-state index >= 15 is 0 Å². The molecule has 24 heavy (non-hydrogen) atoms. The van der Waals surface area contributed by atoms with Crippen molar-refractivity contribution in [2.24, 2.45) is 0 Å². The van der Waals surface area contributed by atoms with E-state index in [1.54, 1.807) is 6.92 Å². The molecule has 0 aliphatic rings. The quantitative estimate of drug-likeness (QED) is 0.326. The largest absolute Gasteiger partial charge is 0.410 e. The van der Waals surface area contributed by atoms with Gasteiger partial charge in [-0.2, -0.15) is 26.3 Å². The predicted octanol–water partition coefficient (Wildman–Crippen LogP) is 6.44. The lowest BCUT2D eigenvalue weighted by Gasteiger charge is -2.39. The Kier molecular flexibility index (Phi) is 6.09. The smallest absolute Gasteiger partial charge is 0.169 e. The molecule has 0 spiro atoms. The van der Waals surface area contributed by atoms with Crippen molar-refractivity contribution >= 4 is 0 Å². The molecule has 0 unspecified atom stereocenters. The molecule has 0 amide bonds. The van der Waals surface area contributed by atoms with Crippen LogP contribution in [0.2, 0.25) is 0 Å². The van der Waals surface area contributed by atoms with Gasteiger partial charge in [-0.3, -0.25) is 0 Å². The van der Waals surface area contributed by atoms with Gasteiger partial charge in [-0.15, -0.1) is 0 Å². The van der Waals surface area contributed by atoms with Crippen LogP contribution in [0, 0.1) is 6.92 Å². The average molecular weight is 348 g/mol. The number of hydrogen-bond donors (Lipinski definition) is 0. The van der Waals surface area contributed by atoms with Crippen molar-refractivity contribution in [1.82, 2.24) is 0 Å². The fraction of sp³-hybridized carbons (Fsp3) is 0.333. The molecule has 0 saturated heterocycles. The summed E-state index contributed by atoms with van der Waals surface area (Å²) in [6.45, 7) is 6.38. The summed E-state index contributed by atoms with van der Waals surface area (Å²) >= 11 is 0. The SMILES string of the molecule is C=C/C=C(\C/C=C\C)C(c1ccc(C)cc1)(C(F)(F)F)C(F)(F)F. The summed E-state index contributed by atoms with van der Waals surface area (Å²) in [5.41, 5.74) is -5.19. The molecule has 0 nitrogen and oxygen atoms in total. The van der Waals surface area contributed by atoms with E-state index in [9.17, 15) is 26.3 Å². The molecule has 0 heterocycles. The minimum atomic E-state index is -5.56. The molecule has 1 rings (SSSR count). The number of benzene rings is 1. The van der Waals surface area contributed by atoms with Crippen molar-refractivity contribution < 1.29 is 26.3 Å². The molecule has 0 atom stereocenters. The molecule has 0 aliphatic heterocycles. The highest BCUT2D eigenvalue weighted by Crippen LogP contribution is 2.57. The summed E-state index contributed by atoms with van der Waals surface area (Å²) < 4.78 is 83.0. The summed E-state index contributed by atoms with van der Waals surface area (Å²) in [6.07, 6.45) is -7.21. The number of hydrogen-bond acceptors (Lipinski definition) is 0. The maximum absolute atomic E-state index is 13.8. The first-order valence-corrected chi connectivity index (χ1v) is 7.16. The zero-order chi connectivity index (χ0) is 18.6. The Balaban J connectivity index is 3.87. The Morgan fingerprint density at radius 1 is 1.00 bits per heavy atom. The van der Waals surface area contributed by atoms with Crippen LogP contribution in [0.1, 0.15) is 24.5 Å². The topological polar surface area (TPSA) is 0 Å². The van der Waals surface area contributed by atoms with Crippen LogP contribution >= 0.6 is 0 Å². The van der Waals surface area contributed by atoms with Crippen LogP contribution in [0.15, 0.2) is 60.7 Å². The molecule has 0 radical (unpaired) electrons. The third-order valence-corrected chi connectivity index (χ3v) is 3.71. The fourth-order valence-corrected chi connectivity index (χ4v) is 2.57. The highest BCUT2D eigenvalue weighted by atomic mass is 19.4. The molecular formula is C18H18F6. The van der Waals surface area contributed by atoms with E-state index < -0.39 is 35.3 Å². The van der Waals surface area contributed by atoms with Gasteiger partial charge in [0.1, 0.15) is 0 Å². The van der Waals surface area contributed by atoms with Crippen molar-refractivity contribution in [2.75, 3.05) is 0 Å². The maximum Gasteiger partial charge on any atom is 0.410 e. The molecule has 132 valence electrons. The molecule has 1 aromatic rings. The van der Waals surface area contributed by atoms with Crippen LogP contribution in [0.5, 0.6) is 0 Å². The second kappa shape index (κ2) is 7.28. The monoisotopic (exact) mass is 348 g/mol. The van der Waals surface area contributed by atoms with Crippen molar-refractivity contribution in [3.05, 3.63) is 71.8 Å². The first-order valence-electron chi connectivity index (χ1n) is 7.16.